The molecule has 0 radical (unpaired) electrons. The third-order valence-electron chi connectivity index (χ3n) is 2.91. The zero-order chi connectivity index (χ0) is 10.5. The summed E-state index contributed by atoms with van der Waals surface area (Å²) in [4.78, 5) is 12.7. The molecule has 4 nitrogen and oxygen atoms in total. The van der Waals surface area contributed by atoms with Crippen molar-refractivity contribution in [1.82, 2.24) is 0 Å². The Hall–Kier alpha value is -2.23. The molecule has 2 aromatic carbocycles. The SMILES string of the molecule is C1=Nc2c(ccc3c4c(ccc23)=NCO4)=N1. The fourth-order valence-electron chi connectivity index (χ4n) is 2.17. The van der Waals surface area contributed by atoms with Crippen LogP contribution in [0, 0.1) is 0 Å². The Morgan fingerprint density at radius 1 is 1.00 bits per heavy atom. The first-order valence-electron chi connectivity index (χ1n) is 5.07. The maximum Gasteiger partial charge on any atom is 0.180 e. The lowest BCUT2D eigenvalue weighted by atomic mass is 10.1. The topological polar surface area (TPSA) is 46.3 Å². The minimum Gasteiger partial charge on any atom is -0.468 e. The Kier molecular flexibility index (Phi) is 1.33. The average Bonchev–Trinajstić information content (AvgIpc) is 2.96. The first kappa shape index (κ1) is 7.98. The van der Waals surface area contributed by atoms with Crippen molar-refractivity contribution in [3.8, 4) is 5.75 Å². The second-order valence-corrected chi connectivity index (χ2v) is 3.75. The summed E-state index contributed by atoms with van der Waals surface area (Å²) in [6, 6.07) is 7.99. The molecule has 0 amide bonds. The van der Waals surface area contributed by atoms with Gasteiger partial charge in [-0.05, 0) is 24.3 Å². The highest BCUT2D eigenvalue weighted by molar-refractivity contribution is 5.98. The molecule has 16 heavy (non-hydrogen) atoms. The van der Waals surface area contributed by atoms with Crippen LogP contribution in [0.4, 0.5) is 5.69 Å². The number of rotatable bonds is 0. The van der Waals surface area contributed by atoms with E-state index in [-0.39, 0.29) is 0 Å². The van der Waals surface area contributed by atoms with Crippen LogP contribution in [-0.2, 0) is 0 Å². The quantitative estimate of drug-likeness (QED) is 0.641. The van der Waals surface area contributed by atoms with Crippen LogP contribution in [0.1, 0.15) is 0 Å². The minimum atomic E-state index is 0.416. The van der Waals surface area contributed by atoms with Crippen molar-refractivity contribution in [2.75, 3.05) is 6.73 Å². The van der Waals surface area contributed by atoms with E-state index in [4.69, 9.17) is 4.74 Å². The van der Waals surface area contributed by atoms with E-state index in [1.165, 1.54) is 0 Å². The molecule has 0 bridgehead atoms. The van der Waals surface area contributed by atoms with Gasteiger partial charge in [-0.2, -0.15) is 0 Å². The number of ether oxygens (including phenoxy) is 1. The highest BCUT2D eigenvalue weighted by Crippen LogP contribution is 2.29. The molecule has 0 N–H and O–H groups in total. The molecule has 0 fully saturated rings. The summed E-state index contributed by atoms with van der Waals surface area (Å²) in [6.45, 7) is 0.416. The van der Waals surface area contributed by atoms with Gasteiger partial charge in [0.25, 0.3) is 0 Å². The van der Waals surface area contributed by atoms with Gasteiger partial charge in [0, 0.05) is 10.8 Å². The van der Waals surface area contributed by atoms with Gasteiger partial charge in [0.1, 0.15) is 11.7 Å². The number of aliphatic imine (C=N–C) groups is 1. The molecule has 0 aromatic heterocycles. The van der Waals surface area contributed by atoms with Gasteiger partial charge in [-0.15, -0.1) is 0 Å². The van der Waals surface area contributed by atoms with Gasteiger partial charge < -0.3 is 4.74 Å². The lowest BCUT2D eigenvalue weighted by molar-refractivity contribution is 0.356. The number of hydrogen-bond donors (Lipinski definition) is 0. The smallest absolute Gasteiger partial charge is 0.180 e. The lowest BCUT2D eigenvalue weighted by Crippen LogP contribution is -2.02. The van der Waals surface area contributed by atoms with E-state index in [1.807, 2.05) is 24.3 Å². The first-order valence-corrected chi connectivity index (χ1v) is 5.07. The van der Waals surface area contributed by atoms with Gasteiger partial charge in [-0.25, -0.2) is 15.0 Å². The molecule has 2 heterocycles. The molecule has 2 aliphatic heterocycles. The molecule has 0 aliphatic carbocycles. The minimum absolute atomic E-state index is 0.416. The van der Waals surface area contributed by atoms with Crippen LogP contribution in [0.25, 0.3) is 10.8 Å². The predicted molar refractivity (Wildman–Crippen MR) is 59.9 cm³/mol. The second-order valence-electron chi connectivity index (χ2n) is 3.75. The van der Waals surface area contributed by atoms with Crippen molar-refractivity contribution in [2.24, 2.45) is 15.0 Å². The maximum atomic E-state index is 5.52. The van der Waals surface area contributed by atoms with E-state index in [0.29, 0.717) is 6.73 Å². The summed E-state index contributed by atoms with van der Waals surface area (Å²) in [5.74, 6) is 0.863. The average molecular weight is 209 g/mol. The molecule has 4 rings (SSSR count). The molecule has 0 spiro atoms. The summed E-state index contributed by atoms with van der Waals surface area (Å²) >= 11 is 0. The van der Waals surface area contributed by atoms with E-state index in [9.17, 15) is 0 Å². The Balaban J connectivity index is 2.26. The Morgan fingerprint density at radius 3 is 2.88 bits per heavy atom. The van der Waals surface area contributed by atoms with Gasteiger partial charge in [0.05, 0.1) is 11.0 Å². The highest BCUT2D eigenvalue weighted by Gasteiger charge is 2.13. The van der Waals surface area contributed by atoms with E-state index >= 15 is 0 Å². The van der Waals surface area contributed by atoms with Gasteiger partial charge in [-0.3, -0.25) is 0 Å². The van der Waals surface area contributed by atoms with Gasteiger partial charge in [0.2, 0.25) is 0 Å². The van der Waals surface area contributed by atoms with Crippen molar-refractivity contribution >= 4 is 22.8 Å². The van der Waals surface area contributed by atoms with Crippen LogP contribution < -0.4 is 15.5 Å². The van der Waals surface area contributed by atoms with Crippen molar-refractivity contribution in [3.63, 3.8) is 0 Å². The number of nitrogens with zero attached hydrogens (tertiary/aromatic N) is 3. The maximum absolute atomic E-state index is 5.52. The van der Waals surface area contributed by atoms with Crippen molar-refractivity contribution in [2.45, 2.75) is 0 Å². The fraction of sp³-hybridized carbons (Fsp3) is 0.0833. The first-order chi connectivity index (χ1) is 7.93. The zero-order valence-electron chi connectivity index (χ0n) is 8.34. The zero-order valence-corrected chi connectivity index (χ0v) is 8.34. The fourth-order valence-corrected chi connectivity index (χ4v) is 2.17. The highest BCUT2D eigenvalue weighted by atomic mass is 16.5. The summed E-state index contributed by atoms with van der Waals surface area (Å²) in [5, 5.41) is 3.98. The van der Waals surface area contributed by atoms with Crippen molar-refractivity contribution in [1.29, 1.82) is 0 Å². The number of fused-ring (bicyclic) bond motifs is 5. The van der Waals surface area contributed by atoms with E-state index in [0.717, 1.165) is 32.9 Å². The largest absolute Gasteiger partial charge is 0.468 e. The van der Waals surface area contributed by atoms with E-state index < -0.39 is 0 Å². The molecule has 0 saturated carbocycles. The van der Waals surface area contributed by atoms with Gasteiger partial charge >= 0.3 is 0 Å². The summed E-state index contributed by atoms with van der Waals surface area (Å²) in [6.07, 6.45) is 1.59. The van der Waals surface area contributed by atoms with Crippen LogP contribution >= 0.6 is 0 Å². The molecule has 4 heteroatoms. The monoisotopic (exact) mass is 209 g/mol. The molecule has 2 aliphatic rings. The predicted octanol–water partition coefficient (Wildman–Crippen LogP) is 1.10. The molecular formula is C12H7N3O. The van der Waals surface area contributed by atoms with Crippen molar-refractivity contribution < 1.29 is 4.74 Å². The van der Waals surface area contributed by atoms with Crippen LogP contribution in [0.2, 0.25) is 0 Å². The summed E-state index contributed by atoms with van der Waals surface area (Å²) < 4.78 is 5.52. The Bertz CT molecular complexity index is 762. The molecule has 0 atom stereocenters. The van der Waals surface area contributed by atoms with E-state index in [1.54, 1.807) is 6.34 Å². The Morgan fingerprint density at radius 2 is 1.88 bits per heavy atom. The molecule has 76 valence electrons. The second kappa shape index (κ2) is 2.66. The third-order valence-corrected chi connectivity index (χ3v) is 2.91. The lowest BCUT2D eigenvalue weighted by Gasteiger charge is -2.03. The van der Waals surface area contributed by atoms with E-state index in [2.05, 4.69) is 15.0 Å². The van der Waals surface area contributed by atoms with Crippen molar-refractivity contribution in [3.05, 3.63) is 35.0 Å². The molecule has 2 aromatic rings. The number of benzene rings is 2. The molecular weight excluding hydrogens is 202 g/mol. The summed E-state index contributed by atoms with van der Waals surface area (Å²) in [7, 11) is 0. The number of hydrogen-bond acceptors (Lipinski definition) is 4. The Labute approximate surface area is 90.6 Å². The third kappa shape index (κ3) is 0.863. The standard InChI is InChI=1S/C12H7N3O/c1-4-10-12(16-6-15-10)8-2-3-9-11(7(1)8)14-5-13-9/h1-5H,6H2. The van der Waals surface area contributed by atoms with Crippen LogP contribution in [0.3, 0.4) is 0 Å². The summed E-state index contributed by atoms with van der Waals surface area (Å²) in [5.41, 5.74) is 0.927. The molecule has 0 saturated heterocycles. The van der Waals surface area contributed by atoms with Crippen LogP contribution in [0.15, 0.2) is 39.2 Å². The van der Waals surface area contributed by atoms with Crippen LogP contribution in [-0.4, -0.2) is 13.1 Å². The van der Waals surface area contributed by atoms with Gasteiger partial charge in [0.15, 0.2) is 12.5 Å². The van der Waals surface area contributed by atoms with Gasteiger partial charge in [-0.1, -0.05) is 0 Å². The molecule has 0 unspecified atom stereocenters. The normalized spacial score (nSPS) is 15.2. The van der Waals surface area contributed by atoms with Crippen LogP contribution in [0.5, 0.6) is 5.75 Å².